The second kappa shape index (κ2) is 3.91. The van der Waals surface area contributed by atoms with E-state index in [0.717, 1.165) is 11.1 Å². The SMILES string of the molecule is C=Cc1cccc(CCF)c1. The van der Waals surface area contributed by atoms with Crippen molar-refractivity contribution in [1.82, 2.24) is 0 Å². The normalized spacial score (nSPS) is 9.55. The van der Waals surface area contributed by atoms with Gasteiger partial charge >= 0.3 is 0 Å². The van der Waals surface area contributed by atoms with Crippen molar-refractivity contribution < 1.29 is 4.39 Å². The van der Waals surface area contributed by atoms with Crippen LogP contribution in [0.25, 0.3) is 6.08 Å². The predicted octanol–water partition coefficient (Wildman–Crippen LogP) is 2.84. The molecule has 1 heteroatoms. The third kappa shape index (κ3) is 2.19. The fraction of sp³-hybridized carbons (Fsp3) is 0.200. The molecular weight excluding hydrogens is 139 g/mol. The van der Waals surface area contributed by atoms with Crippen molar-refractivity contribution in [3.05, 3.63) is 42.0 Å². The van der Waals surface area contributed by atoms with Crippen LogP contribution >= 0.6 is 0 Å². The molecule has 0 saturated carbocycles. The average molecular weight is 150 g/mol. The van der Waals surface area contributed by atoms with E-state index in [-0.39, 0.29) is 6.67 Å². The molecule has 0 amide bonds. The topological polar surface area (TPSA) is 0 Å². The summed E-state index contributed by atoms with van der Waals surface area (Å²) in [5.41, 5.74) is 2.08. The van der Waals surface area contributed by atoms with E-state index < -0.39 is 0 Å². The number of aryl methyl sites for hydroxylation is 1. The Bertz CT molecular complexity index is 240. The van der Waals surface area contributed by atoms with Gasteiger partial charge in [0.05, 0.1) is 6.67 Å². The van der Waals surface area contributed by atoms with Gasteiger partial charge in [0.1, 0.15) is 0 Å². The third-order valence-corrected chi connectivity index (χ3v) is 1.57. The summed E-state index contributed by atoms with van der Waals surface area (Å²) in [4.78, 5) is 0. The Balaban J connectivity index is 2.82. The Morgan fingerprint density at radius 2 is 2.27 bits per heavy atom. The predicted molar refractivity (Wildman–Crippen MR) is 46.2 cm³/mol. The highest BCUT2D eigenvalue weighted by molar-refractivity contribution is 5.47. The number of rotatable bonds is 3. The van der Waals surface area contributed by atoms with Crippen LogP contribution in [-0.4, -0.2) is 6.67 Å². The lowest BCUT2D eigenvalue weighted by atomic mass is 10.1. The van der Waals surface area contributed by atoms with Gasteiger partial charge in [-0.25, -0.2) is 0 Å². The van der Waals surface area contributed by atoms with Crippen LogP contribution in [0.15, 0.2) is 30.8 Å². The molecule has 1 aromatic carbocycles. The van der Waals surface area contributed by atoms with Gasteiger partial charge in [-0.1, -0.05) is 36.9 Å². The molecule has 0 aliphatic heterocycles. The van der Waals surface area contributed by atoms with Gasteiger partial charge in [0.15, 0.2) is 0 Å². The molecule has 0 aliphatic carbocycles. The Hall–Kier alpha value is -1.11. The van der Waals surface area contributed by atoms with E-state index >= 15 is 0 Å². The molecule has 1 rings (SSSR count). The summed E-state index contributed by atoms with van der Waals surface area (Å²) in [6.07, 6.45) is 2.27. The van der Waals surface area contributed by atoms with E-state index in [1.165, 1.54) is 0 Å². The molecule has 0 bridgehead atoms. The summed E-state index contributed by atoms with van der Waals surface area (Å²) >= 11 is 0. The Morgan fingerprint density at radius 1 is 1.45 bits per heavy atom. The van der Waals surface area contributed by atoms with Crippen molar-refractivity contribution in [2.45, 2.75) is 6.42 Å². The van der Waals surface area contributed by atoms with Gasteiger partial charge in [-0.05, 0) is 11.1 Å². The van der Waals surface area contributed by atoms with Crippen LogP contribution in [0.5, 0.6) is 0 Å². The third-order valence-electron chi connectivity index (χ3n) is 1.57. The molecule has 0 unspecified atom stereocenters. The number of halogens is 1. The van der Waals surface area contributed by atoms with Crippen molar-refractivity contribution in [2.75, 3.05) is 6.67 Å². The van der Waals surface area contributed by atoms with Gasteiger partial charge in [-0.2, -0.15) is 0 Å². The molecule has 0 saturated heterocycles. The molecule has 0 atom stereocenters. The Labute approximate surface area is 66.4 Å². The first-order valence-electron chi connectivity index (χ1n) is 3.64. The lowest BCUT2D eigenvalue weighted by Gasteiger charge is -1.97. The first-order chi connectivity index (χ1) is 5.36. The van der Waals surface area contributed by atoms with Crippen LogP contribution in [0, 0.1) is 0 Å². The first kappa shape index (κ1) is 7.99. The maximum absolute atomic E-state index is 11.9. The van der Waals surface area contributed by atoms with Crippen LogP contribution in [0.4, 0.5) is 4.39 Å². The van der Waals surface area contributed by atoms with Gasteiger partial charge in [-0.15, -0.1) is 0 Å². The van der Waals surface area contributed by atoms with Crippen molar-refractivity contribution in [1.29, 1.82) is 0 Å². The maximum Gasteiger partial charge on any atom is 0.0934 e. The highest BCUT2D eigenvalue weighted by Gasteiger charge is 1.91. The van der Waals surface area contributed by atoms with E-state index in [1.54, 1.807) is 6.08 Å². The van der Waals surface area contributed by atoms with Crippen LogP contribution in [-0.2, 0) is 6.42 Å². The van der Waals surface area contributed by atoms with Crippen molar-refractivity contribution in [3.8, 4) is 0 Å². The summed E-state index contributed by atoms with van der Waals surface area (Å²) < 4.78 is 11.9. The first-order valence-corrected chi connectivity index (χ1v) is 3.64. The van der Waals surface area contributed by atoms with E-state index in [9.17, 15) is 4.39 Å². The van der Waals surface area contributed by atoms with Crippen LogP contribution in [0.3, 0.4) is 0 Å². The minimum absolute atomic E-state index is 0.291. The summed E-state index contributed by atoms with van der Waals surface area (Å²) in [5.74, 6) is 0. The van der Waals surface area contributed by atoms with Crippen molar-refractivity contribution in [2.24, 2.45) is 0 Å². The number of hydrogen-bond donors (Lipinski definition) is 0. The largest absolute Gasteiger partial charge is 0.251 e. The smallest absolute Gasteiger partial charge is 0.0934 e. The summed E-state index contributed by atoms with van der Waals surface area (Å²) in [5, 5.41) is 0. The summed E-state index contributed by atoms with van der Waals surface area (Å²) in [6, 6.07) is 7.75. The zero-order valence-corrected chi connectivity index (χ0v) is 6.39. The lowest BCUT2D eigenvalue weighted by molar-refractivity contribution is 0.495. The van der Waals surface area contributed by atoms with E-state index in [0.29, 0.717) is 6.42 Å². The molecule has 0 nitrogen and oxygen atoms in total. The molecule has 0 N–H and O–H groups in total. The monoisotopic (exact) mass is 150 g/mol. The molecule has 0 fully saturated rings. The van der Waals surface area contributed by atoms with Gasteiger partial charge < -0.3 is 0 Å². The van der Waals surface area contributed by atoms with Gasteiger partial charge in [-0.3, -0.25) is 4.39 Å². The standard InChI is InChI=1S/C10H11F/c1-2-9-4-3-5-10(8-9)6-7-11/h2-5,8H,1,6-7H2. The Kier molecular flexibility index (Phi) is 2.84. The highest BCUT2D eigenvalue weighted by Crippen LogP contribution is 2.06. The van der Waals surface area contributed by atoms with Crippen LogP contribution < -0.4 is 0 Å². The minimum Gasteiger partial charge on any atom is -0.251 e. The van der Waals surface area contributed by atoms with E-state index in [2.05, 4.69) is 6.58 Å². The van der Waals surface area contributed by atoms with Gasteiger partial charge in [0.25, 0.3) is 0 Å². The fourth-order valence-electron chi connectivity index (χ4n) is 0.985. The lowest BCUT2D eigenvalue weighted by Crippen LogP contribution is -1.86. The van der Waals surface area contributed by atoms with Crippen LogP contribution in [0.1, 0.15) is 11.1 Å². The molecule has 0 spiro atoms. The second-order valence-corrected chi connectivity index (χ2v) is 2.39. The average Bonchev–Trinajstić information content (AvgIpc) is 2.06. The molecule has 0 aromatic heterocycles. The summed E-state index contributed by atoms with van der Waals surface area (Å²) in [7, 11) is 0. The van der Waals surface area contributed by atoms with Crippen LogP contribution in [0.2, 0.25) is 0 Å². The molecule has 11 heavy (non-hydrogen) atoms. The van der Waals surface area contributed by atoms with Gasteiger partial charge in [0, 0.05) is 6.42 Å². The van der Waals surface area contributed by atoms with Crippen molar-refractivity contribution in [3.63, 3.8) is 0 Å². The van der Waals surface area contributed by atoms with Gasteiger partial charge in [0.2, 0.25) is 0 Å². The quantitative estimate of drug-likeness (QED) is 0.621. The van der Waals surface area contributed by atoms with E-state index in [1.807, 2.05) is 24.3 Å². The zero-order valence-electron chi connectivity index (χ0n) is 6.39. The fourth-order valence-corrected chi connectivity index (χ4v) is 0.985. The second-order valence-electron chi connectivity index (χ2n) is 2.39. The molecular formula is C10H11F. The Morgan fingerprint density at radius 3 is 2.91 bits per heavy atom. The minimum atomic E-state index is -0.291. The van der Waals surface area contributed by atoms with Crippen molar-refractivity contribution >= 4 is 6.08 Å². The van der Waals surface area contributed by atoms with E-state index in [4.69, 9.17) is 0 Å². The number of benzene rings is 1. The molecule has 0 aliphatic rings. The maximum atomic E-state index is 11.9. The highest BCUT2D eigenvalue weighted by atomic mass is 19.1. The molecule has 0 radical (unpaired) electrons. The summed E-state index contributed by atoms with van der Waals surface area (Å²) in [6.45, 7) is 3.35. The number of alkyl halides is 1. The molecule has 0 heterocycles. The zero-order chi connectivity index (χ0) is 8.10. The molecule has 58 valence electrons. The number of hydrogen-bond acceptors (Lipinski definition) is 0. The molecule has 1 aromatic rings.